The Bertz CT molecular complexity index is 690. The number of rotatable bonds is 5. The molecule has 2 rings (SSSR count). The van der Waals surface area contributed by atoms with E-state index < -0.39 is 0 Å². The molecule has 2 aromatic rings. The number of hydrogen-bond acceptors (Lipinski definition) is 3. The van der Waals surface area contributed by atoms with Gasteiger partial charge >= 0.3 is 0 Å². The number of hydrogen-bond donors (Lipinski definition) is 2. The summed E-state index contributed by atoms with van der Waals surface area (Å²) in [5.41, 5.74) is 1.98. The summed E-state index contributed by atoms with van der Waals surface area (Å²) in [7, 11) is 0. The molecule has 0 aliphatic heterocycles. The molecule has 5 heteroatoms. The van der Waals surface area contributed by atoms with Crippen LogP contribution in [-0.4, -0.2) is 17.9 Å². The van der Waals surface area contributed by atoms with Crippen molar-refractivity contribution in [2.45, 2.75) is 33.7 Å². The van der Waals surface area contributed by atoms with Crippen LogP contribution in [0.4, 0.5) is 5.69 Å². The van der Waals surface area contributed by atoms with Gasteiger partial charge in [-0.1, -0.05) is 19.9 Å². The van der Waals surface area contributed by atoms with E-state index >= 15 is 0 Å². The lowest BCUT2D eigenvalue weighted by Crippen LogP contribution is -2.36. The average molecular weight is 314 g/mol. The summed E-state index contributed by atoms with van der Waals surface area (Å²) in [5, 5.41) is 5.72. The second kappa shape index (κ2) is 7.13. The van der Waals surface area contributed by atoms with Gasteiger partial charge in [0.05, 0.1) is 6.26 Å². The van der Waals surface area contributed by atoms with Gasteiger partial charge in [-0.15, -0.1) is 0 Å². The lowest BCUT2D eigenvalue weighted by Gasteiger charge is -2.18. The molecule has 1 aromatic heterocycles. The van der Waals surface area contributed by atoms with Gasteiger partial charge < -0.3 is 15.1 Å². The smallest absolute Gasteiger partial charge is 0.291 e. The van der Waals surface area contributed by atoms with E-state index in [-0.39, 0.29) is 23.6 Å². The fourth-order valence-corrected chi connectivity index (χ4v) is 1.95. The van der Waals surface area contributed by atoms with Crippen molar-refractivity contribution in [3.63, 3.8) is 0 Å². The molecule has 0 bridgehead atoms. The molecule has 0 saturated heterocycles. The number of aryl methyl sites for hydroxylation is 1. The zero-order valence-corrected chi connectivity index (χ0v) is 13.8. The molecular formula is C18H22N2O3. The van der Waals surface area contributed by atoms with Crippen LogP contribution in [0, 0.1) is 12.8 Å². The van der Waals surface area contributed by atoms with E-state index in [2.05, 4.69) is 24.5 Å². The van der Waals surface area contributed by atoms with E-state index in [4.69, 9.17) is 4.42 Å². The van der Waals surface area contributed by atoms with Gasteiger partial charge in [-0.05, 0) is 49.6 Å². The third kappa shape index (κ3) is 4.22. The van der Waals surface area contributed by atoms with Gasteiger partial charge in [-0.2, -0.15) is 0 Å². The largest absolute Gasteiger partial charge is 0.459 e. The lowest BCUT2D eigenvalue weighted by atomic mass is 10.0. The molecular weight excluding hydrogens is 292 g/mol. The molecule has 2 amide bonds. The average Bonchev–Trinajstić information content (AvgIpc) is 3.03. The summed E-state index contributed by atoms with van der Waals surface area (Å²) in [5.74, 6) is 0.0844. The van der Waals surface area contributed by atoms with Gasteiger partial charge in [-0.3, -0.25) is 9.59 Å². The molecule has 2 N–H and O–H groups in total. The van der Waals surface area contributed by atoms with Crippen molar-refractivity contribution in [1.29, 1.82) is 0 Å². The number of carbonyl (C=O) groups is 2. The Morgan fingerprint density at radius 2 is 1.83 bits per heavy atom. The number of nitrogens with one attached hydrogen (secondary N) is 2. The van der Waals surface area contributed by atoms with Crippen LogP contribution >= 0.6 is 0 Å². The van der Waals surface area contributed by atoms with Gasteiger partial charge in [-0.25, -0.2) is 0 Å². The molecule has 122 valence electrons. The zero-order chi connectivity index (χ0) is 17.0. The van der Waals surface area contributed by atoms with Crippen LogP contribution in [0.3, 0.4) is 0 Å². The molecule has 1 atom stereocenters. The highest BCUT2D eigenvalue weighted by atomic mass is 16.3. The third-order valence-corrected chi connectivity index (χ3v) is 3.85. The maximum absolute atomic E-state index is 12.3. The van der Waals surface area contributed by atoms with E-state index in [1.807, 2.05) is 19.9 Å². The summed E-state index contributed by atoms with van der Waals surface area (Å²) >= 11 is 0. The van der Waals surface area contributed by atoms with Crippen LogP contribution in [0.1, 0.15) is 47.2 Å². The molecule has 0 aliphatic rings. The first-order valence-corrected chi connectivity index (χ1v) is 7.65. The Morgan fingerprint density at radius 3 is 2.43 bits per heavy atom. The van der Waals surface area contributed by atoms with Gasteiger partial charge in [0.15, 0.2) is 5.76 Å². The molecule has 0 radical (unpaired) electrons. The third-order valence-electron chi connectivity index (χ3n) is 3.85. The van der Waals surface area contributed by atoms with Crippen molar-refractivity contribution in [1.82, 2.24) is 5.32 Å². The van der Waals surface area contributed by atoms with Crippen LogP contribution in [0.5, 0.6) is 0 Å². The molecule has 5 nitrogen and oxygen atoms in total. The van der Waals surface area contributed by atoms with Crippen molar-refractivity contribution in [3.05, 3.63) is 53.5 Å². The Morgan fingerprint density at radius 1 is 1.09 bits per heavy atom. The van der Waals surface area contributed by atoms with E-state index in [1.165, 1.54) is 6.26 Å². The second-order valence-electron chi connectivity index (χ2n) is 5.97. The van der Waals surface area contributed by atoms with Crippen LogP contribution in [0.25, 0.3) is 0 Å². The van der Waals surface area contributed by atoms with E-state index in [0.717, 1.165) is 5.56 Å². The highest BCUT2D eigenvalue weighted by molar-refractivity contribution is 6.03. The van der Waals surface area contributed by atoms with Crippen molar-refractivity contribution >= 4 is 17.5 Å². The normalized spacial score (nSPS) is 12.0. The van der Waals surface area contributed by atoms with Crippen LogP contribution in [0.2, 0.25) is 0 Å². The monoisotopic (exact) mass is 314 g/mol. The molecule has 1 unspecified atom stereocenters. The highest BCUT2D eigenvalue weighted by Gasteiger charge is 2.15. The number of benzene rings is 1. The van der Waals surface area contributed by atoms with Gasteiger partial charge in [0.2, 0.25) is 0 Å². The fraction of sp³-hybridized carbons (Fsp3) is 0.333. The predicted octanol–water partition coefficient (Wildman–Crippen LogP) is 3.61. The van der Waals surface area contributed by atoms with E-state index in [9.17, 15) is 9.59 Å². The quantitative estimate of drug-likeness (QED) is 0.885. The summed E-state index contributed by atoms with van der Waals surface area (Å²) in [6, 6.07) is 8.56. The number of anilines is 1. The van der Waals surface area contributed by atoms with Crippen molar-refractivity contribution in [3.8, 4) is 0 Å². The van der Waals surface area contributed by atoms with Crippen molar-refractivity contribution in [2.75, 3.05) is 5.32 Å². The summed E-state index contributed by atoms with van der Waals surface area (Å²) in [6.45, 7) is 7.94. The molecule has 0 saturated carbocycles. The van der Waals surface area contributed by atoms with E-state index in [1.54, 1.807) is 24.3 Å². The van der Waals surface area contributed by atoms with Gasteiger partial charge in [0, 0.05) is 17.3 Å². The van der Waals surface area contributed by atoms with Crippen LogP contribution in [0.15, 0.2) is 41.0 Å². The first-order chi connectivity index (χ1) is 10.9. The molecule has 23 heavy (non-hydrogen) atoms. The van der Waals surface area contributed by atoms with Gasteiger partial charge in [0.25, 0.3) is 11.8 Å². The summed E-state index contributed by atoms with van der Waals surface area (Å²) in [4.78, 5) is 24.4. The standard InChI is InChI=1S/C18H22N2O3/c1-11(2)13(4)19-17(21)14-8-7-12(3)15(10-14)20-18(22)16-6-5-9-23-16/h5-11,13H,1-4H3,(H,19,21)(H,20,22). The molecule has 1 heterocycles. The first kappa shape index (κ1) is 16.8. The minimum Gasteiger partial charge on any atom is -0.459 e. The Hall–Kier alpha value is -2.56. The van der Waals surface area contributed by atoms with Gasteiger partial charge in [0.1, 0.15) is 0 Å². The summed E-state index contributed by atoms with van der Waals surface area (Å²) < 4.78 is 5.07. The lowest BCUT2D eigenvalue weighted by molar-refractivity contribution is 0.0929. The minimum atomic E-state index is -0.341. The first-order valence-electron chi connectivity index (χ1n) is 7.65. The minimum absolute atomic E-state index is 0.0740. The SMILES string of the molecule is Cc1ccc(C(=O)NC(C)C(C)C)cc1NC(=O)c1ccco1. The molecule has 0 aliphatic carbocycles. The molecule has 0 spiro atoms. The number of carbonyl (C=O) groups excluding carboxylic acids is 2. The molecule has 1 aromatic carbocycles. The fourth-order valence-electron chi connectivity index (χ4n) is 1.95. The van der Waals surface area contributed by atoms with E-state index in [0.29, 0.717) is 17.2 Å². The van der Waals surface area contributed by atoms with Crippen LogP contribution in [-0.2, 0) is 0 Å². The number of amides is 2. The second-order valence-corrected chi connectivity index (χ2v) is 5.97. The maximum Gasteiger partial charge on any atom is 0.291 e. The van der Waals surface area contributed by atoms with Crippen molar-refractivity contribution < 1.29 is 14.0 Å². The van der Waals surface area contributed by atoms with Crippen LogP contribution < -0.4 is 10.6 Å². The zero-order valence-electron chi connectivity index (χ0n) is 13.8. The molecule has 0 fully saturated rings. The number of furan rings is 1. The Kier molecular flexibility index (Phi) is 5.21. The summed E-state index contributed by atoms with van der Waals surface area (Å²) in [6.07, 6.45) is 1.44. The Balaban J connectivity index is 2.15. The Labute approximate surface area is 136 Å². The highest BCUT2D eigenvalue weighted by Crippen LogP contribution is 2.18. The maximum atomic E-state index is 12.3. The van der Waals surface area contributed by atoms with Crippen molar-refractivity contribution in [2.24, 2.45) is 5.92 Å². The predicted molar refractivity (Wildman–Crippen MR) is 89.6 cm³/mol. The topological polar surface area (TPSA) is 71.3 Å².